The molecule has 74 valence electrons. The maximum Gasteiger partial charge on any atom is 0.349 e. The fourth-order valence-electron chi connectivity index (χ4n) is 1.11. The fourth-order valence-corrected chi connectivity index (χ4v) is 1.30. The minimum absolute atomic E-state index is 0.365. The number of aryl methyl sites for hydroxylation is 1. The molecule has 14 heavy (non-hydrogen) atoms. The predicted octanol–water partition coefficient (Wildman–Crippen LogP) is 1.56. The number of primary amides is 1. The van der Waals surface area contributed by atoms with E-state index in [4.69, 9.17) is 5.73 Å². The lowest BCUT2D eigenvalue weighted by molar-refractivity contribution is 0.0781. The third-order valence-corrected chi connectivity index (χ3v) is 2.09. The first kappa shape index (κ1) is 10.7. The first-order valence-electron chi connectivity index (χ1n) is 3.79. The first-order valence-corrected chi connectivity index (χ1v) is 4.44. The Morgan fingerprint density at radius 3 is 2.50 bits per heavy atom. The topological polar surface area (TPSA) is 69.4 Å². The number of amides is 1. The molecule has 5 heteroatoms. The number of carbonyl (C=O) groups excluding carboxylic acids is 2. The zero-order chi connectivity index (χ0) is 10.7. The molecule has 0 aliphatic heterocycles. The first-order chi connectivity index (χ1) is 6.56. The molecule has 0 heterocycles. The average molecular weight is 258 g/mol. The maximum atomic E-state index is 11.1. The second-order valence-corrected chi connectivity index (χ2v) is 3.08. The quantitative estimate of drug-likeness (QED) is 0.875. The van der Waals surface area contributed by atoms with Crippen LogP contribution in [0.25, 0.3) is 0 Å². The van der Waals surface area contributed by atoms with Crippen LogP contribution in [0.15, 0.2) is 18.2 Å². The summed E-state index contributed by atoms with van der Waals surface area (Å²) in [7, 11) is 0. The highest BCUT2D eigenvalue weighted by Crippen LogP contribution is 2.12. The molecule has 0 fully saturated rings. The van der Waals surface area contributed by atoms with Crippen LogP contribution in [0.2, 0.25) is 0 Å². The van der Waals surface area contributed by atoms with Crippen molar-refractivity contribution in [3.63, 3.8) is 0 Å². The summed E-state index contributed by atoms with van der Waals surface area (Å²) in [5.74, 6) is -1.02. The van der Waals surface area contributed by atoms with Crippen molar-refractivity contribution in [2.24, 2.45) is 5.73 Å². The van der Waals surface area contributed by atoms with Crippen LogP contribution in [-0.4, -0.2) is 11.9 Å². The van der Waals surface area contributed by atoms with E-state index >= 15 is 0 Å². The zero-order valence-corrected chi connectivity index (χ0v) is 9.00. The van der Waals surface area contributed by atoms with Gasteiger partial charge in [-0.1, -0.05) is 0 Å². The minimum Gasteiger partial charge on any atom is -0.380 e. The Balaban J connectivity index is 3.12. The third kappa shape index (κ3) is 2.11. The molecular formula is C9H8BrNO3. The number of hydrogen-bond donors (Lipinski definition) is 1. The van der Waals surface area contributed by atoms with Gasteiger partial charge >= 0.3 is 5.97 Å². The predicted molar refractivity (Wildman–Crippen MR) is 54.0 cm³/mol. The Labute approximate surface area is 89.5 Å². The summed E-state index contributed by atoms with van der Waals surface area (Å²) in [4.78, 5) is 21.9. The third-order valence-electron chi connectivity index (χ3n) is 1.80. The SMILES string of the molecule is Cc1cc(C(=O)OBr)ccc1C(N)=O. The van der Waals surface area contributed by atoms with Crippen molar-refractivity contribution in [1.29, 1.82) is 0 Å². The Bertz CT molecular complexity index is 390. The monoisotopic (exact) mass is 257 g/mol. The lowest BCUT2D eigenvalue weighted by Gasteiger charge is -2.03. The van der Waals surface area contributed by atoms with Gasteiger partial charge in [-0.05, 0) is 30.7 Å². The van der Waals surface area contributed by atoms with Crippen LogP contribution in [-0.2, 0) is 3.83 Å². The van der Waals surface area contributed by atoms with Gasteiger partial charge in [-0.3, -0.25) is 4.79 Å². The summed E-state index contributed by atoms with van der Waals surface area (Å²) in [6.07, 6.45) is 0. The van der Waals surface area contributed by atoms with Crippen LogP contribution in [0, 0.1) is 6.92 Å². The van der Waals surface area contributed by atoms with Crippen molar-refractivity contribution >= 4 is 28.1 Å². The number of nitrogens with two attached hydrogens (primary N) is 1. The smallest absolute Gasteiger partial charge is 0.349 e. The van der Waals surface area contributed by atoms with E-state index < -0.39 is 11.9 Å². The van der Waals surface area contributed by atoms with Crippen LogP contribution < -0.4 is 5.73 Å². The Hall–Kier alpha value is -1.36. The molecular weight excluding hydrogens is 250 g/mol. The van der Waals surface area contributed by atoms with Crippen molar-refractivity contribution in [3.8, 4) is 0 Å². The Morgan fingerprint density at radius 1 is 1.43 bits per heavy atom. The number of carbonyl (C=O) groups is 2. The fraction of sp³-hybridized carbons (Fsp3) is 0.111. The van der Waals surface area contributed by atoms with Gasteiger partial charge in [-0.15, -0.1) is 0 Å². The summed E-state index contributed by atoms with van der Waals surface area (Å²) in [5.41, 5.74) is 6.52. The van der Waals surface area contributed by atoms with E-state index in [9.17, 15) is 9.59 Å². The van der Waals surface area contributed by atoms with E-state index in [0.29, 0.717) is 16.7 Å². The van der Waals surface area contributed by atoms with Gasteiger partial charge in [-0.2, -0.15) is 0 Å². The molecule has 0 atom stereocenters. The summed E-state index contributed by atoms with van der Waals surface area (Å²) < 4.78 is 4.35. The largest absolute Gasteiger partial charge is 0.380 e. The maximum absolute atomic E-state index is 11.1. The Kier molecular flexibility index (Phi) is 3.24. The van der Waals surface area contributed by atoms with Crippen molar-refractivity contribution in [2.75, 3.05) is 0 Å². The van der Waals surface area contributed by atoms with E-state index in [1.54, 1.807) is 13.0 Å². The highest BCUT2D eigenvalue weighted by atomic mass is 79.9. The average Bonchev–Trinajstić information content (AvgIpc) is 2.15. The number of hydrogen-bond acceptors (Lipinski definition) is 3. The lowest BCUT2D eigenvalue weighted by Crippen LogP contribution is -2.13. The molecule has 0 unspecified atom stereocenters. The van der Waals surface area contributed by atoms with Gasteiger partial charge in [0.15, 0.2) is 16.3 Å². The van der Waals surface area contributed by atoms with E-state index in [0.717, 1.165) is 0 Å². The van der Waals surface area contributed by atoms with Gasteiger partial charge in [0.25, 0.3) is 0 Å². The second kappa shape index (κ2) is 4.23. The molecule has 0 spiro atoms. The number of rotatable bonds is 2. The molecule has 1 rings (SSSR count). The van der Waals surface area contributed by atoms with Crippen LogP contribution in [0.5, 0.6) is 0 Å². The summed E-state index contributed by atoms with van der Waals surface area (Å²) >= 11 is 2.58. The van der Waals surface area contributed by atoms with Gasteiger partial charge in [-0.25, -0.2) is 4.79 Å². The number of benzene rings is 1. The van der Waals surface area contributed by atoms with Crippen molar-refractivity contribution in [2.45, 2.75) is 6.92 Å². The minimum atomic E-state index is -0.513. The molecule has 0 radical (unpaired) electrons. The van der Waals surface area contributed by atoms with Gasteiger partial charge in [0.1, 0.15) is 0 Å². The van der Waals surface area contributed by atoms with Gasteiger partial charge in [0.05, 0.1) is 5.56 Å². The van der Waals surface area contributed by atoms with Crippen LogP contribution in [0.1, 0.15) is 26.3 Å². The molecule has 1 aromatic carbocycles. The Morgan fingerprint density at radius 2 is 2.07 bits per heavy atom. The molecule has 2 N–H and O–H groups in total. The molecule has 0 aromatic heterocycles. The van der Waals surface area contributed by atoms with Crippen molar-refractivity contribution in [1.82, 2.24) is 0 Å². The summed E-state index contributed by atoms with van der Waals surface area (Å²) in [5, 5.41) is 0. The van der Waals surface area contributed by atoms with Gasteiger partial charge in [0, 0.05) is 5.56 Å². The normalized spacial score (nSPS) is 9.57. The molecule has 0 saturated carbocycles. The standard InChI is InChI=1S/C9H8BrNO3/c1-5-4-6(9(13)14-10)2-3-7(5)8(11)12/h2-4H,1H3,(H2,11,12). The van der Waals surface area contributed by atoms with Crippen molar-refractivity contribution < 1.29 is 13.4 Å². The van der Waals surface area contributed by atoms with E-state index in [1.807, 2.05) is 0 Å². The van der Waals surface area contributed by atoms with Gasteiger partial charge in [0.2, 0.25) is 5.91 Å². The highest BCUT2D eigenvalue weighted by Gasteiger charge is 2.10. The molecule has 1 amide bonds. The van der Waals surface area contributed by atoms with Crippen LogP contribution >= 0.6 is 16.3 Å². The molecule has 0 saturated heterocycles. The lowest BCUT2D eigenvalue weighted by atomic mass is 10.0. The van der Waals surface area contributed by atoms with Crippen LogP contribution in [0.4, 0.5) is 0 Å². The van der Waals surface area contributed by atoms with Gasteiger partial charge < -0.3 is 9.56 Å². The van der Waals surface area contributed by atoms with Crippen LogP contribution in [0.3, 0.4) is 0 Å². The molecule has 4 nitrogen and oxygen atoms in total. The van der Waals surface area contributed by atoms with Crippen molar-refractivity contribution in [3.05, 3.63) is 34.9 Å². The van der Waals surface area contributed by atoms with E-state index in [2.05, 4.69) is 20.1 Å². The second-order valence-electron chi connectivity index (χ2n) is 2.76. The van der Waals surface area contributed by atoms with E-state index in [-0.39, 0.29) is 0 Å². The highest BCUT2D eigenvalue weighted by molar-refractivity contribution is 9.06. The molecule has 0 bridgehead atoms. The molecule has 1 aromatic rings. The zero-order valence-electron chi connectivity index (χ0n) is 7.41. The molecule has 0 aliphatic carbocycles. The summed E-state index contributed by atoms with van der Waals surface area (Å²) in [6, 6.07) is 4.53. The van der Waals surface area contributed by atoms with E-state index in [1.165, 1.54) is 12.1 Å². The molecule has 0 aliphatic rings. The number of halogens is 1. The summed E-state index contributed by atoms with van der Waals surface area (Å²) in [6.45, 7) is 1.70.